The number of pyridine rings is 1. The van der Waals surface area contributed by atoms with Crippen molar-refractivity contribution >= 4 is 58.8 Å². The molecule has 8 aromatic rings. The van der Waals surface area contributed by atoms with Crippen LogP contribution in [0.4, 0.5) is 0 Å². The molecule has 0 unspecified atom stereocenters. The molecule has 0 aliphatic heterocycles. The number of aromatic nitrogens is 3. The number of thiophene rings is 1. The van der Waals surface area contributed by atoms with Crippen LogP contribution in [0.3, 0.4) is 0 Å². The van der Waals surface area contributed by atoms with Crippen molar-refractivity contribution in [1.29, 1.82) is 0 Å². The van der Waals surface area contributed by atoms with Crippen molar-refractivity contribution in [2.24, 2.45) is 0 Å². The molecule has 0 saturated carbocycles. The highest BCUT2D eigenvalue weighted by atomic mass is 32.1. The van der Waals surface area contributed by atoms with E-state index in [1.807, 2.05) is 11.3 Å². The zero-order chi connectivity index (χ0) is 25.9. The molecular weight excluding hydrogens is 494 g/mol. The Kier molecular flexibility index (Phi) is 5.04. The molecule has 0 fully saturated rings. The van der Waals surface area contributed by atoms with Crippen LogP contribution in [0.5, 0.6) is 0 Å². The first kappa shape index (κ1) is 22.4. The van der Waals surface area contributed by atoms with Crippen LogP contribution in [0.25, 0.3) is 70.0 Å². The van der Waals surface area contributed by atoms with Gasteiger partial charge in [0.1, 0.15) is 0 Å². The largest absolute Gasteiger partial charge is 0.274 e. The first-order chi connectivity index (χ1) is 19.3. The number of fused-ring (bicyclic) bond motifs is 9. The Labute approximate surface area is 230 Å². The Hall–Kier alpha value is -4.54. The van der Waals surface area contributed by atoms with Gasteiger partial charge in [0.2, 0.25) is 0 Å². The van der Waals surface area contributed by atoms with E-state index in [0.29, 0.717) is 0 Å². The highest BCUT2D eigenvalue weighted by Crippen LogP contribution is 2.40. The highest BCUT2D eigenvalue weighted by molar-refractivity contribution is 7.26. The Balaban J connectivity index is 1.31. The molecular formula is C35H25N3S. The summed E-state index contributed by atoms with van der Waals surface area (Å²) in [6.45, 7) is 2.23. The van der Waals surface area contributed by atoms with Crippen molar-refractivity contribution in [1.82, 2.24) is 14.6 Å². The normalized spacial score (nSPS) is 11.9. The lowest BCUT2D eigenvalue weighted by molar-refractivity contribution is 0.923. The van der Waals surface area contributed by atoms with Crippen molar-refractivity contribution in [3.63, 3.8) is 0 Å². The Morgan fingerprint density at radius 1 is 0.641 bits per heavy atom. The summed E-state index contributed by atoms with van der Waals surface area (Å²) in [6, 6.07) is 39.5. The van der Waals surface area contributed by atoms with Gasteiger partial charge in [-0.25, -0.2) is 0 Å². The van der Waals surface area contributed by atoms with E-state index in [9.17, 15) is 0 Å². The summed E-state index contributed by atoms with van der Waals surface area (Å²) < 4.78 is 4.89. The van der Waals surface area contributed by atoms with Crippen LogP contribution in [0, 0.1) is 0 Å². The summed E-state index contributed by atoms with van der Waals surface area (Å²) in [5.41, 5.74) is 6.95. The Morgan fingerprint density at radius 3 is 2.23 bits per heavy atom. The number of rotatable bonds is 4. The summed E-state index contributed by atoms with van der Waals surface area (Å²) >= 11 is 1.87. The van der Waals surface area contributed by atoms with Crippen LogP contribution in [0.15, 0.2) is 109 Å². The molecule has 0 saturated heterocycles. The molecule has 0 atom stereocenters. The molecule has 3 aromatic heterocycles. The van der Waals surface area contributed by atoms with Gasteiger partial charge in [-0.15, -0.1) is 21.5 Å². The third-order valence-corrected chi connectivity index (χ3v) is 9.04. The quantitative estimate of drug-likeness (QED) is 0.217. The zero-order valence-corrected chi connectivity index (χ0v) is 22.4. The molecule has 0 aliphatic rings. The summed E-state index contributed by atoms with van der Waals surface area (Å²) in [5.74, 6) is 0.871. The van der Waals surface area contributed by atoms with Gasteiger partial charge in [0.05, 0.1) is 5.52 Å². The minimum atomic E-state index is 0.871. The van der Waals surface area contributed by atoms with E-state index in [0.717, 1.165) is 40.8 Å². The lowest BCUT2D eigenvalue weighted by atomic mass is 10.0. The first-order valence-corrected chi connectivity index (χ1v) is 14.3. The molecule has 0 spiro atoms. The molecule has 0 bridgehead atoms. The van der Waals surface area contributed by atoms with Crippen LogP contribution in [-0.4, -0.2) is 14.6 Å². The van der Waals surface area contributed by atoms with Gasteiger partial charge in [-0.05, 0) is 46.7 Å². The van der Waals surface area contributed by atoms with Gasteiger partial charge in [0.15, 0.2) is 11.5 Å². The molecule has 8 rings (SSSR count). The van der Waals surface area contributed by atoms with Crippen molar-refractivity contribution in [3.8, 4) is 22.5 Å². The summed E-state index contributed by atoms with van der Waals surface area (Å²) in [7, 11) is 0. The van der Waals surface area contributed by atoms with Gasteiger partial charge >= 0.3 is 0 Å². The van der Waals surface area contributed by atoms with Crippen molar-refractivity contribution in [3.05, 3.63) is 115 Å². The molecule has 3 heterocycles. The average Bonchev–Trinajstić information content (AvgIpc) is 3.60. The third-order valence-electron chi connectivity index (χ3n) is 7.82. The van der Waals surface area contributed by atoms with Gasteiger partial charge in [-0.1, -0.05) is 104 Å². The maximum Gasteiger partial charge on any atom is 0.169 e. The Bertz CT molecular complexity index is 2180. The fraction of sp³-hybridized carbons (Fsp3) is 0.0857. The van der Waals surface area contributed by atoms with E-state index in [1.54, 1.807) is 0 Å². The van der Waals surface area contributed by atoms with Crippen molar-refractivity contribution in [2.45, 2.75) is 19.8 Å². The van der Waals surface area contributed by atoms with Gasteiger partial charge in [0.25, 0.3) is 0 Å². The van der Waals surface area contributed by atoms with E-state index in [4.69, 9.17) is 10.2 Å². The van der Waals surface area contributed by atoms with Crippen LogP contribution in [0.2, 0.25) is 0 Å². The van der Waals surface area contributed by atoms with Crippen LogP contribution in [-0.2, 0) is 6.42 Å². The molecule has 5 aromatic carbocycles. The molecule has 39 heavy (non-hydrogen) atoms. The third kappa shape index (κ3) is 3.42. The second kappa shape index (κ2) is 8.75. The molecule has 4 heteroatoms. The minimum Gasteiger partial charge on any atom is -0.274 e. The maximum absolute atomic E-state index is 4.72. The zero-order valence-electron chi connectivity index (χ0n) is 21.6. The van der Waals surface area contributed by atoms with Gasteiger partial charge in [-0.2, -0.15) is 0 Å². The maximum atomic E-state index is 4.72. The fourth-order valence-corrected chi connectivity index (χ4v) is 7.24. The van der Waals surface area contributed by atoms with Crippen molar-refractivity contribution < 1.29 is 0 Å². The van der Waals surface area contributed by atoms with E-state index < -0.39 is 0 Å². The average molecular weight is 520 g/mol. The number of hydrogen-bond donors (Lipinski definition) is 0. The summed E-state index contributed by atoms with van der Waals surface area (Å²) in [5, 5.41) is 15.7. The highest BCUT2D eigenvalue weighted by Gasteiger charge is 2.17. The second-order valence-electron chi connectivity index (χ2n) is 10.2. The minimum absolute atomic E-state index is 0.871. The van der Waals surface area contributed by atoms with E-state index in [2.05, 4.69) is 121 Å². The van der Waals surface area contributed by atoms with Gasteiger partial charge in [-0.3, -0.25) is 4.40 Å². The van der Waals surface area contributed by atoms with E-state index in [1.165, 1.54) is 47.6 Å². The van der Waals surface area contributed by atoms with E-state index in [-0.39, 0.29) is 0 Å². The van der Waals surface area contributed by atoms with Crippen LogP contribution >= 0.6 is 11.3 Å². The van der Waals surface area contributed by atoms with Gasteiger partial charge in [0, 0.05) is 36.5 Å². The fourth-order valence-electron chi connectivity index (χ4n) is 6.00. The molecule has 186 valence electrons. The molecule has 0 amide bonds. The number of hydrogen-bond acceptors (Lipinski definition) is 3. The number of aryl methyl sites for hydroxylation is 1. The van der Waals surface area contributed by atoms with E-state index >= 15 is 0 Å². The lowest BCUT2D eigenvalue weighted by Crippen LogP contribution is -1.95. The second-order valence-corrected chi connectivity index (χ2v) is 11.2. The molecule has 0 N–H and O–H groups in total. The SMILES string of the molecule is CCCc1ccc2c(c1)c1ccccc1c1nnc(-c3ccc(-c4cccc5c4sc4ccccc45)cc3)n21. The molecule has 0 radical (unpaired) electrons. The number of benzene rings is 5. The predicted molar refractivity (Wildman–Crippen MR) is 166 cm³/mol. The van der Waals surface area contributed by atoms with Crippen molar-refractivity contribution in [2.75, 3.05) is 0 Å². The smallest absolute Gasteiger partial charge is 0.169 e. The Morgan fingerprint density at radius 2 is 1.38 bits per heavy atom. The topological polar surface area (TPSA) is 30.2 Å². The predicted octanol–water partition coefficient (Wildman–Crippen LogP) is 9.69. The summed E-state index contributed by atoms with van der Waals surface area (Å²) in [6.07, 6.45) is 2.20. The van der Waals surface area contributed by atoms with Crippen LogP contribution in [0.1, 0.15) is 18.9 Å². The van der Waals surface area contributed by atoms with Crippen LogP contribution < -0.4 is 0 Å². The number of nitrogens with zero attached hydrogens (tertiary/aromatic N) is 3. The molecule has 3 nitrogen and oxygen atoms in total. The molecule has 0 aliphatic carbocycles. The summed E-state index contributed by atoms with van der Waals surface area (Å²) in [4.78, 5) is 0. The standard InChI is InChI=1S/C35H25N3S/c1-2-8-22-15-20-31-30(21-22)26-9-3-4-11-29(26)35-37-36-34(38(31)35)24-18-16-23(17-19-24)25-12-7-13-28-27-10-5-6-14-32(27)39-33(25)28/h3-7,9-21H,2,8H2,1H3. The lowest BCUT2D eigenvalue weighted by Gasteiger charge is -2.11. The monoisotopic (exact) mass is 519 g/mol. The van der Waals surface area contributed by atoms with Gasteiger partial charge < -0.3 is 0 Å². The first-order valence-electron chi connectivity index (χ1n) is 13.5.